The van der Waals surface area contributed by atoms with Crippen LogP contribution in [0.3, 0.4) is 0 Å². The van der Waals surface area contributed by atoms with Crippen LogP contribution in [0.5, 0.6) is 0 Å². The van der Waals surface area contributed by atoms with Gasteiger partial charge in [0.15, 0.2) is 0 Å². The van der Waals surface area contributed by atoms with Gasteiger partial charge >= 0.3 is 0 Å². The number of hydrogen-bond donors (Lipinski definition) is 1. The number of aromatic nitrogens is 2. The van der Waals surface area contributed by atoms with Gasteiger partial charge in [-0.05, 0) is 38.0 Å². The molecule has 2 saturated heterocycles. The quantitative estimate of drug-likeness (QED) is 0.885. The highest BCUT2D eigenvalue weighted by atomic mass is 16.5. The van der Waals surface area contributed by atoms with E-state index in [2.05, 4.69) is 34.2 Å². The molecule has 1 aromatic rings. The predicted octanol–water partition coefficient (Wildman–Crippen LogP) is 0.853. The number of hydrogen-bond acceptors (Lipinski definition) is 6. The normalized spacial score (nSPS) is 28.8. The summed E-state index contributed by atoms with van der Waals surface area (Å²) in [6.07, 6.45) is 3.37. The molecular formula is C14H25N5O. The highest BCUT2D eigenvalue weighted by Crippen LogP contribution is 2.34. The molecule has 0 bridgehead atoms. The molecule has 2 aliphatic heterocycles. The summed E-state index contributed by atoms with van der Waals surface area (Å²) in [5, 5.41) is 7.70. The maximum absolute atomic E-state index is 5.62. The fourth-order valence-electron chi connectivity index (χ4n) is 3.17. The Morgan fingerprint density at radius 2 is 2.10 bits per heavy atom. The van der Waals surface area contributed by atoms with E-state index in [9.17, 15) is 0 Å². The zero-order valence-electron chi connectivity index (χ0n) is 12.6. The minimum Gasteiger partial charge on any atom is -0.337 e. The van der Waals surface area contributed by atoms with Gasteiger partial charge in [0.05, 0.1) is 5.41 Å². The maximum atomic E-state index is 5.62. The standard InChI is InChI=1S/C14H25N5O/c1-3-14(5-4-6-15-11-14)12-16-13(17-20-12)19-9-7-18(2)8-10-19/h15H,3-11H2,1-2H3. The minimum absolute atomic E-state index is 0.0378. The molecule has 1 atom stereocenters. The summed E-state index contributed by atoms with van der Waals surface area (Å²) in [7, 11) is 2.15. The smallest absolute Gasteiger partial charge is 0.266 e. The van der Waals surface area contributed by atoms with Gasteiger partial charge in [-0.1, -0.05) is 6.92 Å². The van der Waals surface area contributed by atoms with Crippen molar-refractivity contribution < 1.29 is 4.52 Å². The summed E-state index contributed by atoms with van der Waals surface area (Å²) < 4.78 is 5.62. The summed E-state index contributed by atoms with van der Waals surface area (Å²) in [5.74, 6) is 1.59. The van der Waals surface area contributed by atoms with Crippen molar-refractivity contribution in [1.29, 1.82) is 0 Å². The van der Waals surface area contributed by atoms with Gasteiger partial charge in [-0.2, -0.15) is 4.98 Å². The number of nitrogens with one attached hydrogen (secondary N) is 1. The van der Waals surface area contributed by atoms with Crippen LogP contribution in [0.4, 0.5) is 5.95 Å². The van der Waals surface area contributed by atoms with Crippen LogP contribution in [0.2, 0.25) is 0 Å². The fourth-order valence-corrected chi connectivity index (χ4v) is 3.17. The summed E-state index contributed by atoms with van der Waals surface area (Å²) in [4.78, 5) is 9.27. The first-order valence-electron chi connectivity index (χ1n) is 7.72. The molecule has 0 aliphatic carbocycles. The average Bonchev–Trinajstić information content (AvgIpc) is 2.99. The maximum Gasteiger partial charge on any atom is 0.266 e. The Bertz CT molecular complexity index is 433. The fraction of sp³-hybridized carbons (Fsp3) is 0.857. The van der Waals surface area contributed by atoms with Crippen molar-refractivity contribution >= 4 is 5.95 Å². The third kappa shape index (κ3) is 2.54. The Morgan fingerprint density at radius 1 is 1.30 bits per heavy atom. The lowest BCUT2D eigenvalue weighted by Gasteiger charge is -2.33. The molecule has 2 aliphatic rings. The van der Waals surface area contributed by atoms with Gasteiger partial charge in [0.25, 0.3) is 5.95 Å². The number of piperazine rings is 1. The van der Waals surface area contributed by atoms with Crippen molar-refractivity contribution in [2.45, 2.75) is 31.6 Å². The van der Waals surface area contributed by atoms with Crippen LogP contribution in [-0.4, -0.2) is 61.4 Å². The second-order valence-electron chi connectivity index (χ2n) is 6.10. The lowest BCUT2D eigenvalue weighted by molar-refractivity contribution is 0.221. The lowest BCUT2D eigenvalue weighted by Crippen LogP contribution is -2.45. The van der Waals surface area contributed by atoms with Crippen LogP contribution in [0.25, 0.3) is 0 Å². The lowest BCUT2D eigenvalue weighted by atomic mass is 9.78. The van der Waals surface area contributed by atoms with Gasteiger partial charge in [0.2, 0.25) is 5.89 Å². The van der Waals surface area contributed by atoms with Crippen LogP contribution in [0.1, 0.15) is 32.1 Å². The molecule has 1 unspecified atom stereocenters. The van der Waals surface area contributed by atoms with Crippen LogP contribution < -0.4 is 10.2 Å². The van der Waals surface area contributed by atoms with Crippen molar-refractivity contribution in [1.82, 2.24) is 20.4 Å². The Hall–Kier alpha value is -1.14. The first-order chi connectivity index (χ1) is 9.73. The Kier molecular flexibility index (Phi) is 3.94. The number of nitrogens with zero attached hydrogens (tertiary/aromatic N) is 4. The highest BCUT2D eigenvalue weighted by Gasteiger charge is 2.38. The molecule has 0 radical (unpaired) electrons. The molecule has 112 valence electrons. The van der Waals surface area contributed by atoms with E-state index in [1.807, 2.05) is 0 Å². The van der Waals surface area contributed by atoms with Gasteiger partial charge in [0.1, 0.15) is 0 Å². The minimum atomic E-state index is 0.0378. The zero-order valence-corrected chi connectivity index (χ0v) is 12.6. The third-order valence-electron chi connectivity index (χ3n) is 4.80. The van der Waals surface area contributed by atoms with E-state index in [-0.39, 0.29) is 5.41 Å². The second-order valence-corrected chi connectivity index (χ2v) is 6.10. The topological polar surface area (TPSA) is 57.4 Å². The van der Waals surface area contributed by atoms with Crippen molar-refractivity contribution in [2.24, 2.45) is 0 Å². The van der Waals surface area contributed by atoms with E-state index >= 15 is 0 Å². The summed E-state index contributed by atoms with van der Waals surface area (Å²) in [5.41, 5.74) is 0.0378. The third-order valence-corrected chi connectivity index (χ3v) is 4.80. The molecule has 0 aromatic carbocycles. The van der Waals surface area contributed by atoms with E-state index in [0.29, 0.717) is 0 Å². The van der Waals surface area contributed by atoms with E-state index < -0.39 is 0 Å². The van der Waals surface area contributed by atoms with E-state index in [1.165, 1.54) is 6.42 Å². The molecule has 0 spiro atoms. The number of anilines is 1. The zero-order chi connectivity index (χ0) is 14.0. The van der Waals surface area contributed by atoms with Crippen molar-refractivity contribution in [3.05, 3.63) is 5.89 Å². The SMILES string of the molecule is CCC1(c2nc(N3CCN(C)CC3)no2)CCCNC1. The first kappa shape index (κ1) is 13.8. The monoisotopic (exact) mass is 279 g/mol. The molecular weight excluding hydrogens is 254 g/mol. The van der Waals surface area contributed by atoms with Gasteiger partial charge in [-0.25, -0.2) is 0 Å². The molecule has 3 heterocycles. The molecule has 1 N–H and O–H groups in total. The van der Waals surface area contributed by atoms with Crippen LogP contribution in [0.15, 0.2) is 4.52 Å². The van der Waals surface area contributed by atoms with Crippen LogP contribution in [-0.2, 0) is 5.41 Å². The summed E-state index contributed by atoms with van der Waals surface area (Å²) in [6.45, 7) is 8.34. The van der Waals surface area contributed by atoms with Crippen LogP contribution >= 0.6 is 0 Å². The van der Waals surface area contributed by atoms with Crippen molar-refractivity contribution in [3.63, 3.8) is 0 Å². The van der Waals surface area contributed by atoms with Crippen LogP contribution in [0, 0.1) is 0 Å². The molecule has 1 aromatic heterocycles. The number of likely N-dealkylation sites (N-methyl/N-ethyl adjacent to an activating group) is 1. The summed E-state index contributed by atoms with van der Waals surface area (Å²) in [6, 6.07) is 0. The van der Waals surface area contributed by atoms with Gasteiger partial charge < -0.3 is 19.6 Å². The number of piperidine rings is 1. The molecule has 3 rings (SSSR count). The molecule has 6 heteroatoms. The Labute approximate surface area is 120 Å². The van der Waals surface area contributed by atoms with Gasteiger partial charge in [0, 0.05) is 32.7 Å². The average molecular weight is 279 g/mol. The molecule has 20 heavy (non-hydrogen) atoms. The van der Waals surface area contributed by atoms with E-state index in [1.54, 1.807) is 0 Å². The first-order valence-corrected chi connectivity index (χ1v) is 7.72. The Morgan fingerprint density at radius 3 is 2.75 bits per heavy atom. The van der Waals surface area contributed by atoms with Gasteiger partial charge in [-0.3, -0.25) is 0 Å². The van der Waals surface area contributed by atoms with Crippen molar-refractivity contribution in [2.75, 3.05) is 51.2 Å². The predicted molar refractivity (Wildman–Crippen MR) is 78.1 cm³/mol. The Balaban J connectivity index is 1.75. The highest BCUT2D eigenvalue weighted by molar-refractivity contribution is 5.30. The van der Waals surface area contributed by atoms with E-state index in [0.717, 1.165) is 63.9 Å². The molecule has 2 fully saturated rings. The van der Waals surface area contributed by atoms with Crippen molar-refractivity contribution in [3.8, 4) is 0 Å². The second kappa shape index (κ2) is 5.69. The molecule has 0 amide bonds. The van der Waals surface area contributed by atoms with Gasteiger partial charge in [-0.15, -0.1) is 0 Å². The number of rotatable bonds is 3. The molecule has 0 saturated carbocycles. The summed E-state index contributed by atoms with van der Waals surface area (Å²) >= 11 is 0. The largest absolute Gasteiger partial charge is 0.337 e. The molecule has 6 nitrogen and oxygen atoms in total. The van der Waals surface area contributed by atoms with E-state index in [4.69, 9.17) is 9.51 Å².